The highest BCUT2D eigenvalue weighted by Crippen LogP contribution is 2.39. The third kappa shape index (κ3) is 6.75. The van der Waals surface area contributed by atoms with Gasteiger partial charge in [0, 0.05) is 93.6 Å². The van der Waals surface area contributed by atoms with Crippen molar-refractivity contribution in [2.75, 3.05) is 37.0 Å². The van der Waals surface area contributed by atoms with Crippen LogP contribution in [0.2, 0.25) is 0 Å². The third-order valence-corrected chi connectivity index (χ3v) is 10.9. The predicted molar refractivity (Wildman–Crippen MR) is 197 cm³/mol. The minimum absolute atomic E-state index is 0.0265. The van der Waals surface area contributed by atoms with Gasteiger partial charge in [-0.25, -0.2) is 18.7 Å². The Bertz CT molecular complexity index is 2260. The number of piperidine rings is 1. The molecule has 1 unspecified atom stereocenters. The second-order valence-corrected chi connectivity index (χ2v) is 14.3. The van der Waals surface area contributed by atoms with Crippen molar-refractivity contribution in [1.29, 1.82) is 0 Å². The predicted octanol–water partition coefficient (Wildman–Crippen LogP) is 4.32. The number of imide groups is 2. The van der Waals surface area contributed by atoms with Crippen molar-refractivity contribution in [2.24, 2.45) is 0 Å². The summed E-state index contributed by atoms with van der Waals surface area (Å²) in [7, 11) is 1.79. The maximum Gasteiger partial charge on any atom is 0.264 e. The zero-order valence-corrected chi connectivity index (χ0v) is 30.8. The molecule has 6 heterocycles. The van der Waals surface area contributed by atoms with E-state index in [1.54, 1.807) is 48.0 Å². The molecule has 290 valence electrons. The lowest BCUT2D eigenvalue weighted by Crippen LogP contribution is -2.54. The molecule has 0 aliphatic carbocycles. The number of hydrogen-bond donors (Lipinski definition) is 2. The van der Waals surface area contributed by atoms with Crippen molar-refractivity contribution >= 4 is 47.0 Å². The number of halogens is 2. The molecule has 8 rings (SSSR count). The Balaban J connectivity index is 0.984. The van der Waals surface area contributed by atoms with E-state index >= 15 is 0 Å². The fourth-order valence-electron chi connectivity index (χ4n) is 7.89. The van der Waals surface area contributed by atoms with Gasteiger partial charge < -0.3 is 19.9 Å². The van der Waals surface area contributed by atoms with Crippen molar-refractivity contribution in [3.63, 3.8) is 0 Å². The van der Waals surface area contributed by atoms with Crippen LogP contribution in [0.15, 0.2) is 48.8 Å². The molecule has 17 heteroatoms. The first-order valence-electron chi connectivity index (χ1n) is 18.5. The summed E-state index contributed by atoms with van der Waals surface area (Å²) in [6.07, 6.45) is 2.47. The number of rotatable bonds is 9. The Morgan fingerprint density at radius 2 is 1.71 bits per heavy atom. The van der Waals surface area contributed by atoms with Crippen LogP contribution in [0.25, 0.3) is 11.1 Å². The van der Waals surface area contributed by atoms with Crippen LogP contribution >= 0.6 is 0 Å². The standard InChI is InChI=1S/C39H39F2N9O6/c1-21(51)48-12-9-31-30(20-48)35(46-50(31)24-10-13-56-14-11-24)47(2)25-4-6-26(28(16-25)34(40)41)23-18-43-39(44-19-23)42-17-22-3-5-27-29(15-22)38(55)49(37(27)54)32-7-8-33(52)45-36(32)53/h3-6,15-16,18-19,24,32,34H,7-14,17,20H2,1-2H3,(H,42,43,44)(H,45,52,53). The van der Waals surface area contributed by atoms with Crippen LogP contribution in [0.4, 0.5) is 26.2 Å². The van der Waals surface area contributed by atoms with Crippen LogP contribution in [-0.4, -0.2) is 91.9 Å². The molecule has 4 aliphatic heterocycles. The van der Waals surface area contributed by atoms with Crippen LogP contribution in [-0.2, 0) is 38.6 Å². The number of carbonyl (C=O) groups is 5. The molecular formula is C39H39F2N9O6. The van der Waals surface area contributed by atoms with Gasteiger partial charge in [-0.3, -0.25) is 38.9 Å². The maximum atomic E-state index is 14.7. The Hall–Kier alpha value is -6.10. The molecule has 15 nitrogen and oxygen atoms in total. The van der Waals surface area contributed by atoms with E-state index < -0.39 is 36.1 Å². The summed E-state index contributed by atoms with van der Waals surface area (Å²) in [5, 5.41) is 10.3. The molecule has 2 N–H and O–H groups in total. The van der Waals surface area contributed by atoms with Gasteiger partial charge in [-0.05, 0) is 54.7 Å². The monoisotopic (exact) mass is 767 g/mol. The van der Waals surface area contributed by atoms with E-state index in [1.807, 2.05) is 0 Å². The van der Waals surface area contributed by atoms with Crippen LogP contribution in [0.3, 0.4) is 0 Å². The van der Waals surface area contributed by atoms with Gasteiger partial charge in [-0.15, -0.1) is 0 Å². The largest absolute Gasteiger partial charge is 0.381 e. The number of carbonyl (C=O) groups excluding carboxylic acids is 5. The highest BCUT2D eigenvalue weighted by atomic mass is 19.3. The molecule has 56 heavy (non-hydrogen) atoms. The van der Waals surface area contributed by atoms with E-state index in [4.69, 9.17) is 9.84 Å². The molecule has 0 spiro atoms. The van der Waals surface area contributed by atoms with E-state index in [9.17, 15) is 32.8 Å². The topological polar surface area (TPSA) is 172 Å². The molecule has 0 bridgehead atoms. The lowest BCUT2D eigenvalue weighted by Gasteiger charge is -2.29. The number of nitrogens with one attached hydrogen (secondary N) is 2. The number of ether oxygens (including phenoxy) is 1. The average Bonchev–Trinajstić information content (AvgIpc) is 3.70. The first-order chi connectivity index (χ1) is 27.0. The molecule has 0 radical (unpaired) electrons. The van der Waals surface area contributed by atoms with Gasteiger partial charge in [-0.1, -0.05) is 12.1 Å². The third-order valence-electron chi connectivity index (χ3n) is 10.9. The van der Waals surface area contributed by atoms with E-state index in [1.165, 1.54) is 24.5 Å². The Labute approximate surface area is 320 Å². The molecule has 2 saturated heterocycles. The number of hydrogen-bond acceptors (Lipinski definition) is 11. The molecule has 2 aromatic carbocycles. The van der Waals surface area contributed by atoms with Crippen molar-refractivity contribution < 1.29 is 37.5 Å². The number of anilines is 3. The number of fused-ring (bicyclic) bond motifs is 2. The quantitative estimate of drug-likeness (QED) is 0.233. The Morgan fingerprint density at radius 1 is 0.982 bits per heavy atom. The van der Waals surface area contributed by atoms with Crippen LogP contribution in [0, 0.1) is 0 Å². The molecular weight excluding hydrogens is 728 g/mol. The molecule has 1 atom stereocenters. The molecule has 2 fully saturated rings. The van der Waals surface area contributed by atoms with E-state index in [2.05, 4.69) is 25.3 Å². The van der Waals surface area contributed by atoms with Crippen LogP contribution in [0.5, 0.6) is 0 Å². The summed E-state index contributed by atoms with van der Waals surface area (Å²) in [6, 6.07) is 8.64. The minimum atomic E-state index is -2.81. The van der Waals surface area contributed by atoms with Gasteiger partial charge in [0.1, 0.15) is 6.04 Å². The van der Waals surface area contributed by atoms with Crippen molar-refractivity contribution in [2.45, 2.75) is 70.6 Å². The lowest BCUT2D eigenvalue weighted by molar-refractivity contribution is -0.136. The van der Waals surface area contributed by atoms with Crippen molar-refractivity contribution in [3.05, 3.63) is 82.3 Å². The van der Waals surface area contributed by atoms with E-state index in [0.717, 1.165) is 29.0 Å². The number of benzene rings is 2. The van der Waals surface area contributed by atoms with Gasteiger partial charge in [-0.2, -0.15) is 5.10 Å². The minimum Gasteiger partial charge on any atom is -0.381 e. The van der Waals surface area contributed by atoms with Gasteiger partial charge in [0.2, 0.25) is 23.7 Å². The van der Waals surface area contributed by atoms with Crippen molar-refractivity contribution in [1.82, 2.24) is 34.9 Å². The summed E-state index contributed by atoms with van der Waals surface area (Å²) in [4.78, 5) is 75.7. The smallest absolute Gasteiger partial charge is 0.264 e. The highest BCUT2D eigenvalue weighted by molar-refractivity contribution is 6.23. The van der Waals surface area contributed by atoms with Gasteiger partial charge in [0.25, 0.3) is 18.2 Å². The average molecular weight is 768 g/mol. The molecule has 4 aliphatic rings. The van der Waals surface area contributed by atoms with E-state index in [-0.39, 0.29) is 59.5 Å². The number of aromatic nitrogens is 4. The second kappa shape index (κ2) is 14.9. The maximum absolute atomic E-state index is 14.7. The second-order valence-electron chi connectivity index (χ2n) is 14.3. The first-order valence-corrected chi connectivity index (χ1v) is 18.5. The SMILES string of the molecule is CC(=O)N1CCc2c(c(N(C)c3ccc(-c4cnc(NCc5ccc6c(c5)C(=O)N(C5CCC(=O)NC5=O)C6=O)nc4)c(C(F)F)c3)nn2C2CCOCC2)C1. The normalized spacial score (nSPS) is 18.6. The molecule has 5 amide bonds. The van der Waals surface area contributed by atoms with Crippen LogP contribution < -0.4 is 15.5 Å². The summed E-state index contributed by atoms with van der Waals surface area (Å²) < 4.78 is 37.0. The fraction of sp³-hybridized carbons (Fsp3) is 0.385. The number of alkyl halides is 2. The fourth-order valence-corrected chi connectivity index (χ4v) is 7.89. The molecule has 2 aromatic heterocycles. The number of nitrogens with zero attached hydrogens (tertiary/aromatic N) is 7. The zero-order valence-electron chi connectivity index (χ0n) is 30.8. The summed E-state index contributed by atoms with van der Waals surface area (Å²) in [6.45, 7) is 3.97. The van der Waals surface area contributed by atoms with Gasteiger partial charge in [0.15, 0.2) is 5.82 Å². The van der Waals surface area contributed by atoms with Gasteiger partial charge in [0.05, 0.1) is 23.7 Å². The first kappa shape index (κ1) is 36.9. The van der Waals surface area contributed by atoms with Gasteiger partial charge >= 0.3 is 0 Å². The highest BCUT2D eigenvalue weighted by Gasteiger charge is 2.44. The summed E-state index contributed by atoms with van der Waals surface area (Å²) in [5.41, 5.74) is 3.88. The summed E-state index contributed by atoms with van der Waals surface area (Å²) in [5.74, 6) is -1.54. The van der Waals surface area contributed by atoms with Crippen LogP contribution in [0.1, 0.15) is 88.2 Å². The van der Waals surface area contributed by atoms with E-state index in [0.29, 0.717) is 55.4 Å². The Morgan fingerprint density at radius 3 is 2.43 bits per heavy atom. The van der Waals surface area contributed by atoms with Crippen molar-refractivity contribution in [3.8, 4) is 11.1 Å². The zero-order chi connectivity index (χ0) is 39.2. The summed E-state index contributed by atoms with van der Waals surface area (Å²) >= 11 is 0. The molecule has 0 saturated carbocycles. The molecule has 4 aromatic rings. The Kier molecular flexibility index (Phi) is 9.78. The lowest BCUT2D eigenvalue weighted by atomic mass is 10.0. The number of amides is 5.